The highest BCUT2D eigenvalue weighted by atomic mass is 16.5. The number of benzene rings is 2. The smallest absolute Gasteiger partial charge is 0.332 e. The van der Waals surface area contributed by atoms with Gasteiger partial charge in [0.15, 0.2) is 11.2 Å². The summed E-state index contributed by atoms with van der Waals surface area (Å²) in [5.74, 6) is 1.47. The van der Waals surface area contributed by atoms with Gasteiger partial charge in [-0.25, -0.2) is 9.78 Å². The molecule has 5 aromatic rings. The van der Waals surface area contributed by atoms with Crippen LogP contribution in [0, 0.1) is 5.92 Å². The van der Waals surface area contributed by atoms with Crippen LogP contribution in [-0.4, -0.2) is 53.0 Å². The lowest BCUT2D eigenvalue weighted by atomic mass is 9.98. The van der Waals surface area contributed by atoms with E-state index in [4.69, 9.17) is 9.72 Å². The molecule has 2 aromatic carbocycles. The van der Waals surface area contributed by atoms with Gasteiger partial charge < -0.3 is 9.30 Å². The minimum absolute atomic E-state index is 0.132. The Morgan fingerprint density at radius 2 is 1.73 bits per heavy atom. The predicted octanol–water partition coefficient (Wildman–Crippen LogP) is 3.90. The Kier molecular flexibility index (Phi) is 8.53. The van der Waals surface area contributed by atoms with Crippen molar-refractivity contribution >= 4 is 11.2 Å². The van der Waals surface area contributed by atoms with Crippen molar-refractivity contribution in [3.63, 3.8) is 0 Å². The van der Waals surface area contributed by atoms with E-state index in [9.17, 15) is 9.59 Å². The molecular weight excluding hydrogens is 520 g/mol. The molecule has 0 saturated carbocycles. The van der Waals surface area contributed by atoms with Crippen molar-refractivity contribution in [1.82, 2.24) is 39.3 Å². The molecule has 0 saturated heterocycles. The Morgan fingerprint density at radius 1 is 0.976 bits per heavy atom. The molecule has 0 spiro atoms. The number of fused-ring (bicyclic) bond motifs is 1. The SMILES string of the molecule is CCCCc1nc2c(c(=O)n(CC(C)C)c(=O)n2CCOC)n1Cc1ccc(-c2ccccc2-c2nn[nH]n2)cc1. The Balaban J connectivity index is 1.60. The van der Waals surface area contributed by atoms with Gasteiger partial charge >= 0.3 is 5.69 Å². The zero-order chi connectivity index (χ0) is 28.9. The van der Waals surface area contributed by atoms with Crippen LogP contribution in [0.3, 0.4) is 0 Å². The molecule has 0 aliphatic heterocycles. The van der Waals surface area contributed by atoms with E-state index in [0.29, 0.717) is 49.7 Å². The van der Waals surface area contributed by atoms with Crippen LogP contribution in [0.4, 0.5) is 0 Å². The number of aryl methyl sites for hydroxylation is 1. The molecule has 0 radical (unpaired) electrons. The van der Waals surface area contributed by atoms with E-state index < -0.39 is 0 Å². The van der Waals surface area contributed by atoms with Crippen LogP contribution in [-0.2, 0) is 30.8 Å². The molecule has 3 aromatic heterocycles. The first-order valence-electron chi connectivity index (χ1n) is 14.1. The number of nitrogens with zero attached hydrogens (tertiary/aromatic N) is 7. The van der Waals surface area contributed by atoms with Crippen molar-refractivity contribution in [2.75, 3.05) is 13.7 Å². The first-order valence-corrected chi connectivity index (χ1v) is 14.1. The predicted molar refractivity (Wildman–Crippen MR) is 158 cm³/mol. The van der Waals surface area contributed by atoms with Crippen LogP contribution in [0.15, 0.2) is 58.1 Å². The summed E-state index contributed by atoms with van der Waals surface area (Å²) < 4.78 is 10.2. The number of imidazole rings is 1. The maximum atomic E-state index is 13.8. The summed E-state index contributed by atoms with van der Waals surface area (Å²) in [6, 6.07) is 16.2. The molecule has 3 heterocycles. The van der Waals surface area contributed by atoms with E-state index in [2.05, 4.69) is 51.8 Å². The number of ether oxygens (including phenoxy) is 1. The zero-order valence-corrected chi connectivity index (χ0v) is 24.0. The van der Waals surface area contributed by atoms with Gasteiger partial charge in [0.25, 0.3) is 5.56 Å². The van der Waals surface area contributed by atoms with Crippen LogP contribution < -0.4 is 11.2 Å². The van der Waals surface area contributed by atoms with Crippen LogP contribution in [0.1, 0.15) is 45.0 Å². The molecule has 0 aliphatic carbocycles. The topological polar surface area (TPSA) is 126 Å². The van der Waals surface area contributed by atoms with Gasteiger partial charge in [0, 0.05) is 32.2 Å². The monoisotopic (exact) mass is 556 g/mol. The molecule has 0 aliphatic rings. The second-order valence-electron chi connectivity index (χ2n) is 10.6. The average Bonchev–Trinajstić information content (AvgIpc) is 3.63. The van der Waals surface area contributed by atoms with Crippen LogP contribution >= 0.6 is 0 Å². The fourth-order valence-electron chi connectivity index (χ4n) is 5.12. The van der Waals surface area contributed by atoms with Crippen molar-refractivity contribution in [3.8, 4) is 22.5 Å². The van der Waals surface area contributed by atoms with Crippen molar-refractivity contribution in [1.29, 1.82) is 0 Å². The molecule has 41 heavy (non-hydrogen) atoms. The van der Waals surface area contributed by atoms with Crippen molar-refractivity contribution in [2.24, 2.45) is 5.92 Å². The van der Waals surface area contributed by atoms with E-state index in [1.165, 1.54) is 4.57 Å². The minimum atomic E-state index is -0.343. The summed E-state index contributed by atoms with van der Waals surface area (Å²) in [5.41, 5.74) is 4.16. The molecule has 0 unspecified atom stereocenters. The van der Waals surface area contributed by atoms with E-state index in [0.717, 1.165) is 40.9 Å². The van der Waals surface area contributed by atoms with Crippen LogP contribution in [0.25, 0.3) is 33.7 Å². The molecule has 11 heteroatoms. The number of rotatable bonds is 12. The molecule has 0 atom stereocenters. The third kappa shape index (κ3) is 5.76. The minimum Gasteiger partial charge on any atom is -0.383 e. The van der Waals surface area contributed by atoms with E-state index >= 15 is 0 Å². The highest BCUT2D eigenvalue weighted by Crippen LogP contribution is 2.30. The van der Waals surface area contributed by atoms with Gasteiger partial charge in [-0.2, -0.15) is 5.21 Å². The summed E-state index contributed by atoms with van der Waals surface area (Å²) in [5, 5.41) is 14.5. The molecule has 214 valence electrons. The molecule has 1 N–H and O–H groups in total. The third-order valence-corrected chi connectivity index (χ3v) is 7.13. The van der Waals surface area contributed by atoms with Gasteiger partial charge in [0.05, 0.1) is 13.2 Å². The molecule has 0 fully saturated rings. The second-order valence-corrected chi connectivity index (χ2v) is 10.6. The quantitative estimate of drug-likeness (QED) is 0.247. The van der Waals surface area contributed by atoms with E-state index in [1.807, 2.05) is 42.7 Å². The molecular formula is C30H36N8O3. The highest BCUT2D eigenvalue weighted by molar-refractivity contribution is 5.80. The normalized spacial score (nSPS) is 11.6. The summed E-state index contributed by atoms with van der Waals surface area (Å²) >= 11 is 0. The van der Waals surface area contributed by atoms with Crippen molar-refractivity contribution < 1.29 is 4.74 Å². The van der Waals surface area contributed by atoms with E-state index in [-0.39, 0.29) is 17.2 Å². The van der Waals surface area contributed by atoms with Crippen molar-refractivity contribution in [3.05, 3.63) is 80.8 Å². The number of hydrogen-bond acceptors (Lipinski definition) is 7. The van der Waals surface area contributed by atoms with E-state index in [1.54, 1.807) is 11.7 Å². The lowest BCUT2D eigenvalue weighted by Crippen LogP contribution is -2.42. The summed E-state index contributed by atoms with van der Waals surface area (Å²) in [4.78, 5) is 32.1. The lowest BCUT2D eigenvalue weighted by Gasteiger charge is -2.14. The summed E-state index contributed by atoms with van der Waals surface area (Å²) in [6.45, 7) is 7.59. The Hall–Kier alpha value is -4.38. The average molecular weight is 557 g/mol. The number of tetrazole rings is 1. The molecule has 0 bridgehead atoms. The first kappa shape index (κ1) is 28.2. The van der Waals surface area contributed by atoms with Gasteiger partial charge in [-0.3, -0.25) is 13.9 Å². The zero-order valence-electron chi connectivity index (χ0n) is 24.0. The maximum absolute atomic E-state index is 13.8. The number of aromatic amines is 1. The Labute approximate surface area is 237 Å². The third-order valence-electron chi connectivity index (χ3n) is 7.13. The number of methoxy groups -OCH3 is 1. The number of H-pyrrole nitrogens is 1. The summed E-state index contributed by atoms with van der Waals surface area (Å²) in [6.07, 6.45) is 2.63. The van der Waals surface area contributed by atoms with Gasteiger partial charge in [-0.05, 0) is 34.2 Å². The molecule has 5 rings (SSSR count). The Morgan fingerprint density at radius 3 is 2.39 bits per heavy atom. The Bertz CT molecular complexity index is 1730. The number of nitrogens with one attached hydrogen (secondary N) is 1. The second kappa shape index (κ2) is 12.4. The van der Waals surface area contributed by atoms with Gasteiger partial charge in [0.1, 0.15) is 5.82 Å². The number of unbranched alkanes of at least 4 members (excludes halogenated alkanes) is 1. The fraction of sp³-hybridized carbons (Fsp3) is 0.400. The van der Waals surface area contributed by atoms with Crippen LogP contribution in [0.2, 0.25) is 0 Å². The van der Waals surface area contributed by atoms with Crippen LogP contribution in [0.5, 0.6) is 0 Å². The highest BCUT2D eigenvalue weighted by Gasteiger charge is 2.22. The van der Waals surface area contributed by atoms with Crippen molar-refractivity contribution in [2.45, 2.75) is 59.7 Å². The van der Waals surface area contributed by atoms with Gasteiger partial charge in [0.2, 0.25) is 5.82 Å². The fourth-order valence-corrected chi connectivity index (χ4v) is 5.12. The number of hydrogen-bond donors (Lipinski definition) is 1. The first-order chi connectivity index (χ1) is 19.9. The van der Waals surface area contributed by atoms with Gasteiger partial charge in [-0.1, -0.05) is 75.7 Å². The lowest BCUT2D eigenvalue weighted by molar-refractivity contribution is 0.186. The number of aromatic nitrogens is 8. The standard InChI is InChI=1S/C30H36N8O3/c1-5-6-11-25-31-28-26(29(39)38(18-20(2)3)30(40)36(28)16-17-41-4)37(25)19-21-12-14-22(15-13-21)23-9-7-8-10-24(23)27-32-34-35-33-27/h7-10,12-15,20H,5-6,11,16-19H2,1-4H3,(H,32,33,34,35). The molecule has 0 amide bonds. The largest absolute Gasteiger partial charge is 0.383 e. The molecule has 11 nitrogen and oxygen atoms in total. The maximum Gasteiger partial charge on any atom is 0.332 e. The summed E-state index contributed by atoms with van der Waals surface area (Å²) in [7, 11) is 1.60. The van der Waals surface area contributed by atoms with Gasteiger partial charge in [-0.15, -0.1) is 10.2 Å².